The van der Waals surface area contributed by atoms with Gasteiger partial charge in [0.05, 0.1) is 53.7 Å². The number of phenols is 1. The predicted molar refractivity (Wildman–Crippen MR) is 206 cm³/mol. The zero-order chi connectivity index (χ0) is 40.3. The van der Waals surface area contributed by atoms with Crippen molar-refractivity contribution in [2.24, 2.45) is 29.6 Å². The quantitative estimate of drug-likeness (QED) is 0.0792. The van der Waals surface area contributed by atoms with E-state index in [9.17, 15) is 34.0 Å². The fourth-order valence-electron chi connectivity index (χ4n) is 9.10. The number of fused-ring (bicyclic) bond motifs is 4. The molecule has 2 N–H and O–H groups in total. The Labute approximate surface area is 330 Å². The van der Waals surface area contributed by atoms with E-state index in [1.54, 1.807) is 48.6 Å². The van der Waals surface area contributed by atoms with E-state index in [4.69, 9.17) is 21.1 Å². The van der Waals surface area contributed by atoms with E-state index in [0.29, 0.717) is 21.7 Å². The molecule has 4 amide bonds. The first kappa shape index (κ1) is 37.4. The van der Waals surface area contributed by atoms with Gasteiger partial charge in [0.2, 0.25) is 17.6 Å². The number of phenolic OH excluding ortho intramolecular Hbond substituents is 1. The Hall–Kier alpha value is -6.54. The third-order valence-electron chi connectivity index (χ3n) is 11.6. The highest BCUT2D eigenvalue weighted by atomic mass is 35.5. The van der Waals surface area contributed by atoms with Gasteiger partial charge in [0, 0.05) is 23.1 Å². The first-order valence-corrected chi connectivity index (χ1v) is 18.4. The maximum absolute atomic E-state index is 15.3. The number of allylic oxidation sites excluding steroid dienone is 3. The average molecular weight is 793 g/mol. The largest absolute Gasteiger partial charge is 0.502 e. The first-order chi connectivity index (χ1) is 27.4. The van der Waals surface area contributed by atoms with E-state index in [1.165, 1.54) is 62.8 Å². The molecule has 2 aliphatic carbocycles. The molecule has 4 aromatic carbocycles. The molecule has 0 radical (unpaired) electrons. The van der Waals surface area contributed by atoms with Crippen LogP contribution in [0.5, 0.6) is 17.2 Å². The number of carbonyl (C=O) groups excluding carboxylic acids is 4. The number of nitrogens with zero attached hydrogens (tertiary/aromatic N) is 3. The monoisotopic (exact) mass is 792 g/mol. The molecule has 2 saturated heterocycles. The number of amides is 4. The molecule has 57 heavy (non-hydrogen) atoms. The number of rotatable bonds is 9. The van der Waals surface area contributed by atoms with Crippen LogP contribution in [-0.4, -0.2) is 52.9 Å². The molecule has 0 bridgehead atoms. The van der Waals surface area contributed by atoms with Crippen LogP contribution < -0.4 is 19.8 Å². The van der Waals surface area contributed by atoms with Gasteiger partial charge >= 0.3 is 0 Å². The maximum atomic E-state index is 15.3. The highest BCUT2D eigenvalue weighted by Crippen LogP contribution is 2.62. The Morgan fingerprint density at radius 1 is 0.912 bits per heavy atom. The second-order valence-corrected chi connectivity index (χ2v) is 14.8. The third kappa shape index (κ3) is 5.90. The minimum atomic E-state index is -1.60. The van der Waals surface area contributed by atoms with Gasteiger partial charge < -0.3 is 14.6 Å². The second-order valence-electron chi connectivity index (χ2n) is 14.3. The number of ether oxygens (including phenoxy) is 2. The van der Waals surface area contributed by atoms with Crippen LogP contribution >= 0.6 is 11.6 Å². The molecule has 6 unspecified atom stereocenters. The van der Waals surface area contributed by atoms with Gasteiger partial charge in [0.1, 0.15) is 5.82 Å². The van der Waals surface area contributed by atoms with Crippen LogP contribution in [0.25, 0.3) is 6.08 Å². The lowest BCUT2D eigenvalue weighted by Crippen LogP contribution is -2.54. The lowest BCUT2D eigenvalue weighted by Gasteiger charge is -2.49. The predicted octanol–water partition coefficient (Wildman–Crippen LogP) is 6.85. The molecule has 0 spiro atoms. The average Bonchev–Trinajstić information content (AvgIpc) is 3.59. The fourth-order valence-corrected chi connectivity index (χ4v) is 9.22. The molecule has 2 heterocycles. The molecule has 8 rings (SSSR count). The van der Waals surface area contributed by atoms with Crippen LogP contribution in [-0.2, 0) is 24.6 Å². The van der Waals surface area contributed by atoms with Crippen molar-refractivity contribution in [3.8, 4) is 17.2 Å². The van der Waals surface area contributed by atoms with E-state index in [-0.39, 0.29) is 47.2 Å². The van der Waals surface area contributed by atoms with E-state index >= 15 is 4.79 Å². The number of hydrogen-bond acceptors (Lipinski definition) is 10. The van der Waals surface area contributed by atoms with Crippen LogP contribution in [0.15, 0.2) is 103 Å². The van der Waals surface area contributed by atoms with Crippen LogP contribution in [0.4, 0.5) is 21.5 Å². The lowest BCUT2D eigenvalue weighted by molar-refractivity contribution is -0.384. The van der Waals surface area contributed by atoms with Crippen LogP contribution in [0.2, 0.25) is 5.02 Å². The Morgan fingerprint density at radius 3 is 2.18 bits per heavy atom. The maximum Gasteiger partial charge on any atom is 0.269 e. The number of nitro groups is 1. The summed E-state index contributed by atoms with van der Waals surface area (Å²) in [5.74, 6) is -6.98. The molecular formula is C42H34ClFN4O9. The first-order valence-electron chi connectivity index (χ1n) is 18.0. The number of hydrogen-bond donors (Lipinski definition) is 2. The molecule has 0 aromatic heterocycles. The summed E-state index contributed by atoms with van der Waals surface area (Å²) < 4.78 is 24.7. The van der Waals surface area contributed by atoms with E-state index in [2.05, 4.69) is 5.43 Å². The van der Waals surface area contributed by atoms with Crippen LogP contribution in [0.1, 0.15) is 24.0 Å². The van der Waals surface area contributed by atoms with Crippen molar-refractivity contribution < 1.29 is 43.1 Å². The third-order valence-corrected chi connectivity index (χ3v) is 11.9. The molecule has 290 valence electrons. The smallest absolute Gasteiger partial charge is 0.269 e. The van der Waals surface area contributed by atoms with Crippen LogP contribution in [0.3, 0.4) is 0 Å². The second kappa shape index (κ2) is 14.2. The molecule has 6 atom stereocenters. The number of anilines is 2. The molecule has 15 heteroatoms. The minimum Gasteiger partial charge on any atom is -0.502 e. The highest BCUT2D eigenvalue weighted by Gasteiger charge is 2.69. The number of non-ortho nitro benzene ring substituents is 1. The van der Waals surface area contributed by atoms with Crippen molar-refractivity contribution in [2.75, 3.05) is 24.5 Å². The SMILES string of the molecule is COc1cc(C=CC2C3=CCC4C(=O)N(c5ccc([N+](=O)[O-])cc5)C(=O)C4C3CC3C(=O)N(Nc4ccc(F)cc4)C(=O)C23c2ccc(Cl)cc2)cc(OC)c1O. The van der Waals surface area contributed by atoms with E-state index < -0.39 is 69.4 Å². The summed E-state index contributed by atoms with van der Waals surface area (Å²) >= 11 is 6.36. The summed E-state index contributed by atoms with van der Waals surface area (Å²) in [6, 6.07) is 20.2. The molecular weight excluding hydrogens is 759 g/mol. The standard InChI is InChI=1S/C42H34ClFN4O9/c1-56-34-19-22(20-35(57-2)37(34)49)3-18-32-29-16-17-30-36(40(52)46(38(30)50)27-12-14-28(15-13-27)48(54)55)31(29)21-33-39(51)47(45-26-10-8-25(44)9-11-26)41(53)42(32,33)23-4-6-24(43)7-5-23/h3-16,18-20,30-33,36,45,49H,17,21H2,1-2H3. The normalized spacial score (nSPS) is 25.3. The molecule has 13 nitrogen and oxygen atoms in total. The molecule has 3 fully saturated rings. The number of halogens is 2. The number of hydrazine groups is 1. The number of nitro benzene ring substituents is 1. The molecule has 4 aliphatic rings. The zero-order valence-corrected chi connectivity index (χ0v) is 31.2. The van der Waals surface area contributed by atoms with E-state index in [1.807, 2.05) is 6.08 Å². The summed E-state index contributed by atoms with van der Waals surface area (Å²) in [7, 11) is 2.78. The lowest BCUT2D eigenvalue weighted by atomic mass is 9.50. The van der Waals surface area contributed by atoms with Crippen molar-refractivity contribution in [3.63, 3.8) is 0 Å². The fraction of sp³-hybridized carbons (Fsp3) is 0.238. The van der Waals surface area contributed by atoms with E-state index in [0.717, 1.165) is 9.91 Å². The Balaban J connectivity index is 1.29. The Bertz CT molecular complexity index is 2380. The zero-order valence-electron chi connectivity index (χ0n) is 30.4. The van der Waals surface area contributed by atoms with Crippen LogP contribution in [0, 0.1) is 45.5 Å². The van der Waals surface area contributed by atoms with Crippen molar-refractivity contribution in [3.05, 3.63) is 135 Å². The molecule has 4 aromatic rings. The van der Waals surface area contributed by atoms with Gasteiger partial charge in [-0.3, -0.25) is 39.6 Å². The van der Waals surface area contributed by atoms with Crippen molar-refractivity contribution in [1.29, 1.82) is 0 Å². The topological polar surface area (TPSA) is 169 Å². The van der Waals surface area contributed by atoms with Crippen molar-refractivity contribution in [2.45, 2.75) is 18.3 Å². The van der Waals surface area contributed by atoms with Gasteiger partial charge in [-0.25, -0.2) is 4.39 Å². The summed E-state index contributed by atoms with van der Waals surface area (Å²) in [5.41, 5.74) is 3.25. The van der Waals surface area contributed by atoms with Gasteiger partial charge in [0.25, 0.3) is 17.5 Å². The van der Waals surface area contributed by atoms with Gasteiger partial charge in [-0.1, -0.05) is 47.5 Å². The number of imide groups is 2. The van der Waals surface area contributed by atoms with Crippen molar-refractivity contribution >= 4 is 58.4 Å². The number of aromatic hydroxyl groups is 1. The summed E-state index contributed by atoms with van der Waals surface area (Å²) in [4.78, 5) is 70.4. The number of benzene rings is 4. The Kier molecular flexibility index (Phi) is 9.31. The summed E-state index contributed by atoms with van der Waals surface area (Å²) in [6.07, 6.45) is 5.55. The van der Waals surface area contributed by atoms with Gasteiger partial charge in [-0.2, -0.15) is 5.01 Å². The number of nitrogens with one attached hydrogen (secondary N) is 1. The van der Waals surface area contributed by atoms with Crippen molar-refractivity contribution in [1.82, 2.24) is 5.01 Å². The number of methoxy groups -OCH3 is 2. The van der Waals surface area contributed by atoms with Gasteiger partial charge in [0.15, 0.2) is 11.5 Å². The van der Waals surface area contributed by atoms with Gasteiger partial charge in [-0.05, 0) is 90.6 Å². The summed E-state index contributed by atoms with van der Waals surface area (Å²) in [5, 5.41) is 23.3. The summed E-state index contributed by atoms with van der Waals surface area (Å²) in [6.45, 7) is 0. The molecule has 1 saturated carbocycles. The van der Waals surface area contributed by atoms with Gasteiger partial charge in [-0.15, -0.1) is 0 Å². The Morgan fingerprint density at radius 2 is 1.56 bits per heavy atom. The molecule has 2 aliphatic heterocycles. The minimum absolute atomic E-state index is 0.0140. The highest BCUT2D eigenvalue weighted by molar-refractivity contribution is 6.30. The number of carbonyl (C=O) groups is 4.